The van der Waals surface area contributed by atoms with Crippen LogP contribution in [-0.4, -0.2) is 41.3 Å². The van der Waals surface area contributed by atoms with Gasteiger partial charge in [0.05, 0.1) is 6.54 Å². The van der Waals surface area contributed by atoms with Crippen molar-refractivity contribution in [2.45, 2.75) is 18.2 Å². The molecule has 1 aromatic carbocycles. The first-order chi connectivity index (χ1) is 10.5. The Balaban J connectivity index is 0.00000264. The number of allylic oxidation sites excluding steroid dienone is 1. The van der Waals surface area contributed by atoms with E-state index in [0.29, 0.717) is 22.9 Å². The fourth-order valence-electron chi connectivity index (χ4n) is 2.06. The maximum atomic E-state index is 12.7. The molecule has 1 unspecified atom stereocenters. The third-order valence-corrected chi connectivity index (χ3v) is 3.74. The number of ether oxygens (including phenoxy) is 1. The average molecular weight is 436 g/mol. The Labute approximate surface area is 168 Å². The number of carbonyl (C=O) groups excluding carboxylic acids is 1. The number of nitrogens with zero attached hydrogens (tertiary/aromatic N) is 1. The maximum Gasteiger partial charge on any atom is 0.256 e. The molecule has 3 nitrogen and oxygen atoms in total. The Bertz CT molecular complexity index is 557. The van der Waals surface area contributed by atoms with Crippen LogP contribution < -0.4 is 4.74 Å². The van der Waals surface area contributed by atoms with Crippen molar-refractivity contribution in [2.75, 3.05) is 18.7 Å². The third-order valence-electron chi connectivity index (χ3n) is 3.04. The summed E-state index contributed by atoms with van der Waals surface area (Å²) in [5.74, 6) is 0.688. The summed E-state index contributed by atoms with van der Waals surface area (Å²) in [6.07, 6.45) is 2.44. The third kappa shape index (κ3) is 5.70. The molecule has 1 aliphatic heterocycles. The van der Waals surface area contributed by atoms with Crippen LogP contribution in [0.2, 0.25) is 0 Å². The Morgan fingerprint density at radius 2 is 2.09 bits per heavy atom. The predicted octanol–water partition coefficient (Wildman–Crippen LogP) is 3.63. The number of amides is 1. The molecule has 0 fully saturated rings. The first kappa shape index (κ1) is 20.9. The summed E-state index contributed by atoms with van der Waals surface area (Å²) < 4.78 is 30.9. The van der Waals surface area contributed by atoms with Crippen LogP contribution in [0, 0.1) is 6.08 Å². The molecule has 23 heavy (non-hydrogen) atoms. The van der Waals surface area contributed by atoms with Gasteiger partial charge in [0.1, 0.15) is 17.1 Å². The van der Waals surface area contributed by atoms with E-state index in [4.69, 9.17) is 16.3 Å². The molecule has 0 saturated carbocycles. The van der Waals surface area contributed by atoms with E-state index < -0.39 is 24.3 Å². The van der Waals surface area contributed by atoms with Crippen LogP contribution in [0.1, 0.15) is 12.0 Å². The minimum absolute atomic E-state index is 0. The van der Waals surface area contributed by atoms with Gasteiger partial charge in [-0.3, -0.25) is 4.79 Å². The Kier molecular flexibility index (Phi) is 9.05. The van der Waals surface area contributed by atoms with Gasteiger partial charge < -0.3 is 9.64 Å². The monoisotopic (exact) mass is 435 g/mol. The molecule has 0 bridgehead atoms. The fourth-order valence-corrected chi connectivity index (χ4v) is 2.51. The van der Waals surface area contributed by atoms with Gasteiger partial charge >= 0.3 is 0 Å². The molecule has 0 N–H and O–H groups in total. The largest absolute Gasteiger partial charge is 0.483 e. The Hall–Kier alpha value is -0.166. The van der Waals surface area contributed by atoms with Crippen molar-refractivity contribution < 1.29 is 51.0 Å². The van der Waals surface area contributed by atoms with E-state index in [0.717, 1.165) is 4.90 Å². The van der Waals surface area contributed by atoms with Gasteiger partial charge in [-0.25, -0.2) is 14.9 Å². The van der Waals surface area contributed by atoms with Gasteiger partial charge in [-0.1, -0.05) is 6.42 Å². The minimum Gasteiger partial charge on any atom is -0.483 e. The summed E-state index contributed by atoms with van der Waals surface area (Å²) >= 11 is 7.39. The molecule has 123 valence electrons. The van der Waals surface area contributed by atoms with Crippen LogP contribution in [0.4, 0.5) is 8.78 Å². The number of carbonyl (C=O) groups is 1. The molecular weight excluding hydrogens is 421 g/mol. The maximum absolute atomic E-state index is 12.7. The smallest absolute Gasteiger partial charge is 0.256 e. The molecule has 0 aliphatic carbocycles. The average Bonchev–Trinajstić information content (AvgIpc) is 2.50. The molecule has 1 atom stereocenters. The zero-order valence-corrected chi connectivity index (χ0v) is 16.9. The number of hydrogen-bond acceptors (Lipinski definition) is 3. The zero-order chi connectivity index (χ0) is 16.1. The molecule has 0 saturated heterocycles. The van der Waals surface area contributed by atoms with E-state index in [1.165, 1.54) is 0 Å². The molecule has 1 aliphatic rings. The van der Waals surface area contributed by atoms with Crippen molar-refractivity contribution >= 4 is 35.0 Å². The molecule has 1 heterocycles. The summed E-state index contributed by atoms with van der Waals surface area (Å²) in [5, 5.41) is -0.841. The molecule has 8 heteroatoms. The second kappa shape index (κ2) is 9.97. The van der Waals surface area contributed by atoms with Gasteiger partial charge in [0.2, 0.25) is 5.91 Å². The number of halogens is 3. The van der Waals surface area contributed by atoms with Gasteiger partial charge in [-0.15, -0.1) is 41.2 Å². The van der Waals surface area contributed by atoms with Crippen LogP contribution >= 0.6 is 23.4 Å². The molecule has 0 aromatic heterocycles. The van der Waals surface area contributed by atoms with E-state index in [2.05, 4.69) is 6.08 Å². The predicted molar refractivity (Wildman–Crippen MR) is 84.1 cm³/mol. The SMILES string of the molecule is CSCOc1ccc(C2=[C-]CC(Cl)C(=O)N2CC(F)F)cc1.[Y]. The number of alkyl halides is 3. The van der Waals surface area contributed by atoms with Gasteiger partial charge in [0.15, 0.2) is 0 Å². The van der Waals surface area contributed by atoms with E-state index >= 15 is 0 Å². The molecular formula is C15H15ClF2NO2SY-. The number of thioether (sulfide) groups is 1. The van der Waals surface area contributed by atoms with Crippen LogP contribution in [0.25, 0.3) is 5.70 Å². The second-order valence-corrected chi connectivity index (χ2v) is 5.95. The van der Waals surface area contributed by atoms with Crippen LogP contribution in [0.5, 0.6) is 5.75 Å². The van der Waals surface area contributed by atoms with Crippen molar-refractivity contribution in [1.82, 2.24) is 4.90 Å². The fraction of sp³-hybridized carbons (Fsp3) is 0.400. The van der Waals surface area contributed by atoms with E-state index in [9.17, 15) is 13.6 Å². The molecule has 1 radical (unpaired) electrons. The van der Waals surface area contributed by atoms with Crippen molar-refractivity contribution in [3.8, 4) is 5.75 Å². The topological polar surface area (TPSA) is 29.5 Å². The Morgan fingerprint density at radius 1 is 1.43 bits per heavy atom. The summed E-state index contributed by atoms with van der Waals surface area (Å²) in [7, 11) is 0. The van der Waals surface area contributed by atoms with E-state index in [1.54, 1.807) is 36.0 Å². The van der Waals surface area contributed by atoms with Crippen molar-refractivity contribution in [3.63, 3.8) is 0 Å². The van der Waals surface area contributed by atoms with Gasteiger partial charge in [0, 0.05) is 32.7 Å². The molecule has 1 amide bonds. The molecule has 1 aromatic rings. The summed E-state index contributed by atoms with van der Waals surface area (Å²) in [5.41, 5.74) is 0.979. The van der Waals surface area contributed by atoms with Gasteiger partial charge in [0.25, 0.3) is 6.43 Å². The number of hydrogen-bond donors (Lipinski definition) is 0. The van der Waals surface area contributed by atoms with Gasteiger partial charge in [-0.2, -0.15) is 5.56 Å². The van der Waals surface area contributed by atoms with Crippen molar-refractivity contribution in [2.24, 2.45) is 0 Å². The standard InChI is InChI=1S/C15H15ClF2NO2S.Y/c1-22-9-21-11-4-2-10(3-5-11)13-7-6-12(16)15(20)19(13)8-14(17)18;/h2-5,12,14H,6,8-9H2,1H3;/q-1;. The van der Waals surface area contributed by atoms with Crippen molar-refractivity contribution in [3.05, 3.63) is 35.9 Å². The second-order valence-electron chi connectivity index (χ2n) is 4.61. The van der Waals surface area contributed by atoms with Crippen molar-refractivity contribution in [1.29, 1.82) is 0 Å². The van der Waals surface area contributed by atoms with E-state index in [-0.39, 0.29) is 39.1 Å². The van der Waals surface area contributed by atoms with Gasteiger partial charge in [-0.05, 0) is 18.4 Å². The Morgan fingerprint density at radius 3 is 2.65 bits per heavy atom. The number of rotatable bonds is 6. The first-order valence-electron chi connectivity index (χ1n) is 6.59. The summed E-state index contributed by atoms with van der Waals surface area (Å²) in [6.45, 7) is -0.685. The summed E-state index contributed by atoms with van der Waals surface area (Å²) in [6, 6.07) is 6.91. The summed E-state index contributed by atoms with van der Waals surface area (Å²) in [4.78, 5) is 13.0. The van der Waals surface area contributed by atoms with Crippen LogP contribution in [0.15, 0.2) is 24.3 Å². The molecule has 2 rings (SSSR count). The molecule has 0 spiro atoms. The van der Waals surface area contributed by atoms with E-state index in [1.807, 2.05) is 6.26 Å². The minimum atomic E-state index is -2.63. The normalized spacial score (nSPS) is 17.8. The zero-order valence-electron chi connectivity index (χ0n) is 12.5. The quantitative estimate of drug-likeness (QED) is 0.388. The first-order valence-corrected chi connectivity index (χ1v) is 8.42. The number of benzene rings is 1. The van der Waals surface area contributed by atoms with Crippen LogP contribution in [0.3, 0.4) is 0 Å². The van der Waals surface area contributed by atoms with Crippen LogP contribution in [-0.2, 0) is 37.5 Å².